The van der Waals surface area contributed by atoms with Gasteiger partial charge >= 0.3 is 5.97 Å². The lowest BCUT2D eigenvalue weighted by molar-refractivity contribution is -0.152. The maximum absolute atomic E-state index is 12.0. The third kappa shape index (κ3) is 4.57. The smallest absolute Gasteiger partial charge is 0.320 e. The summed E-state index contributed by atoms with van der Waals surface area (Å²) < 4.78 is 5.81. The first kappa shape index (κ1) is 25.3. The average molecular weight is 458 g/mol. The van der Waals surface area contributed by atoms with Gasteiger partial charge in [-0.15, -0.1) is 0 Å². The lowest BCUT2D eigenvalue weighted by atomic mass is 9.41. The van der Waals surface area contributed by atoms with E-state index in [1.54, 1.807) is 12.6 Å². The SMILES string of the molecule is CNCC(=O)OC1CCC2(C)C(=CCC3(C)C2CCC2(C)C(CCCCC(C)C)CCC23)C1. The quantitative estimate of drug-likeness (QED) is 0.236. The molecule has 0 aliphatic heterocycles. The van der Waals surface area contributed by atoms with Gasteiger partial charge in [-0.25, -0.2) is 0 Å². The number of rotatable bonds is 8. The molecule has 0 aromatic carbocycles. The molecule has 1 N–H and O–H groups in total. The monoisotopic (exact) mass is 457 g/mol. The summed E-state index contributed by atoms with van der Waals surface area (Å²) in [6.07, 6.45) is 18.5. The molecule has 0 amide bonds. The normalized spacial score (nSPS) is 42.3. The zero-order chi connectivity index (χ0) is 23.9. The molecule has 0 aromatic heterocycles. The van der Waals surface area contributed by atoms with E-state index in [1.165, 1.54) is 64.2 Å². The second kappa shape index (κ2) is 9.67. The van der Waals surface area contributed by atoms with E-state index in [0.29, 0.717) is 22.8 Å². The Labute approximate surface area is 203 Å². The van der Waals surface area contributed by atoms with Crippen molar-refractivity contribution in [1.29, 1.82) is 0 Å². The zero-order valence-electron chi connectivity index (χ0n) is 22.5. The minimum atomic E-state index is -0.105. The van der Waals surface area contributed by atoms with Crippen LogP contribution in [0.5, 0.6) is 0 Å². The number of fused-ring (bicyclic) bond motifs is 5. The van der Waals surface area contributed by atoms with E-state index in [2.05, 4.69) is 46.0 Å². The molecule has 188 valence electrons. The zero-order valence-corrected chi connectivity index (χ0v) is 22.5. The third-order valence-corrected chi connectivity index (χ3v) is 11.0. The molecule has 0 spiro atoms. The number of hydrogen-bond acceptors (Lipinski definition) is 3. The van der Waals surface area contributed by atoms with Crippen molar-refractivity contribution in [3.8, 4) is 0 Å². The standard InChI is InChI=1S/C30H51NO2/c1-21(2)9-7-8-10-22-11-12-25-28(22,3)18-15-26-29(4)17-14-24(33-27(32)20-31-6)19-23(29)13-16-30(25,26)5/h13,21-22,24-26,31H,7-12,14-20H2,1-6H3. The fourth-order valence-corrected chi connectivity index (χ4v) is 9.28. The number of likely N-dealkylation sites (N-methyl/N-ethyl adjacent to an activating group) is 1. The first-order valence-electron chi connectivity index (χ1n) is 14.2. The largest absolute Gasteiger partial charge is 0.461 e. The molecule has 4 rings (SSSR count). The second-order valence-corrected chi connectivity index (χ2v) is 13.3. The van der Waals surface area contributed by atoms with Gasteiger partial charge in [-0.2, -0.15) is 0 Å². The summed E-state index contributed by atoms with van der Waals surface area (Å²) >= 11 is 0. The molecular formula is C30H51NO2. The van der Waals surface area contributed by atoms with E-state index < -0.39 is 0 Å². The van der Waals surface area contributed by atoms with Crippen molar-refractivity contribution >= 4 is 5.97 Å². The maximum atomic E-state index is 12.0. The van der Waals surface area contributed by atoms with Crippen molar-refractivity contribution < 1.29 is 9.53 Å². The lowest BCUT2D eigenvalue weighted by Gasteiger charge is -2.63. The Morgan fingerprint density at radius 3 is 2.58 bits per heavy atom. The van der Waals surface area contributed by atoms with E-state index in [9.17, 15) is 4.79 Å². The van der Waals surface area contributed by atoms with Crippen LogP contribution in [0.1, 0.15) is 112 Å². The highest BCUT2D eigenvalue weighted by atomic mass is 16.5. The molecule has 3 saturated carbocycles. The maximum Gasteiger partial charge on any atom is 0.320 e. The molecule has 4 aliphatic rings. The highest BCUT2D eigenvalue weighted by Gasteiger charge is 2.63. The molecule has 3 nitrogen and oxygen atoms in total. The Morgan fingerprint density at radius 1 is 1.06 bits per heavy atom. The summed E-state index contributed by atoms with van der Waals surface area (Å²) in [5.41, 5.74) is 2.89. The van der Waals surface area contributed by atoms with Crippen LogP contribution in [0.3, 0.4) is 0 Å². The molecule has 3 heteroatoms. The summed E-state index contributed by atoms with van der Waals surface area (Å²) in [6.45, 7) is 12.9. The van der Waals surface area contributed by atoms with Gasteiger partial charge in [-0.3, -0.25) is 4.79 Å². The van der Waals surface area contributed by atoms with Gasteiger partial charge in [0.1, 0.15) is 6.10 Å². The van der Waals surface area contributed by atoms with Gasteiger partial charge < -0.3 is 10.1 Å². The van der Waals surface area contributed by atoms with Gasteiger partial charge in [0, 0.05) is 6.42 Å². The van der Waals surface area contributed by atoms with E-state index in [1.807, 2.05) is 0 Å². The average Bonchev–Trinajstić information content (AvgIpc) is 3.09. The summed E-state index contributed by atoms with van der Waals surface area (Å²) in [7, 11) is 1.81. The molecular weight excluding hydrogens is 406 g/mol. The van der Waals surface area contributed by atoms with Crippen molar-refractivity contribution in [3.63, 3.8) is 0 Å². The molecule has 0 radical (unpaired) electrons. The highest BCUT2D eigenvalue weighted by Crippen LogP contribution is 2.71. The molecule has 0 heterocycles. The van der Waals surface area contributed by atoms with Crippen LogP contribution in [0.2, 0.25) is 0 Å². The first-order valence-corrected chi connectivity index (χ1v) is 14.2. The fraction of sp³-hybridized carbons (Fsp3) is 0.900. The van der Waals surface area contributed by atoms with E-state index in [-0.39, 0.29) is 12.1 Å². The van der Waals surface area contributed by atoms with Gasteiger partial charge in [0.15, 0.2) is 0 Å². The molecule has 3 fully saturated rings. The van der Waals surface area contributed by atoms with Crippen LogP contribution in [-0.4, -0.2) is 25.7 Å². The van der Waals surface area contributed by atoms with Crippen molar-refractivity contribution in [1.82, 2.24) is 5.32 Å². The Morgan fingerprint density at radius 2 is 1.85 bits per heavy atom. The van der Waals surface area contributed by atoms with Crippen LogP contribution < -0.4 is 5.32 Å². The first-order chi connectivity index (χ1) is 15.6. The third-order valence-electron chi connectivity index (χ3n) is 11.0. The molecule has 7 atom stereocenters. The van der Waals surface area contributed by atoms with Gasteiger partial charge in [0.25, 0.3) is 0 Å². The number of carbonyl (C=O) groups excluding carboxylic acids is 1. The van der Waals surface area contributed by atoms with Crippen molar-refractivity contribution in [3.05, 3.63) is 11.6 Å². The van der Waals surface area contributed by atoms with Gasteiger partial charge in [-0.1, -0.05) is 65.5 Å². The van der Waals surface area contributed by atoms with Crippen molar-refractivity contribution in [2.24, 2.45) is 39.9 Å². The van der Waals surface area contributed by atoms with Gasteiger partial charge in [0.05, 0.1) is 6.54 Å². The van der Waals surface area contributed by atoms with Crippen LogP contribution >= 0.6 is 0 Å². The Bertz CT molecular complexity index is 744. The number of esters is 1. The summed E-state index contributed by atoms with van der Waals surface area (Å²) in [5.74, 6) is 3.34. The Hall–Kier alpha value is -0.830. The highest BCUT2D eigenvalue weighted by molar-refractivity contribution is 5.71. The Balaban J connectivity index is 1.46. The molecule has 0 saturated heterocycles. The number of hydrogen-bond donors (Lipinski definition) is 1. The Kier molecular flexibility index (Phi) is 7.40. The van der Waals surface area contributed by atoms with Crippen LogP contribution in [0, 0.1) is 39.9 Å². The molecule has 4 aliphatic carbocycles. The van der Waals surface area contributed by atoms with E-state index in [4.69, 9.17) is 4.74 Å². The van der Waals surface area contributed by atoms with E-state index in [0.717, 1.165) is 36.5 Å². The second-order valence-electron chi connectivity index (χ2n) is 13.3. The molecule has 33 heavy (non-hydrogen) atoms. The minimum absolute atomic E-state index is 0.0742. The van der Waals surface area contributed by atoms with Crippen molar-refractivity contribution in [2.75, 3.05) is 13.6 Å². The van der Waals surface area contributed by atoms with E-state index >= 15 is 0 Å². The summed E-state index contributed by atoms with van der Waals surface area (Å²) in [4.78, 5) is 12.0. The number of unbranched alkanes of at least 4 members (excludes halogenated alkanes) is 1. The molecule has 0 aromatic rings. The topological polar surface area (TPSA) is 38.3 Å². The minimum Gasteiger partial charge on any atom is -0.461 e. The lowest BCUT2D eigenvalue weighted by Crippen LogP contribution is -2.56. The van der Waals surface area contributed by atoms with Gasteiger partial charge in [-0.05, 0) is 98.3 Å². The number of allylic oxidation sites excluding steroid dienone is 1. The van der Waals surface area contributed by atoms with Gasteiger partial charge in [0.2, 0.25) is 0 Å². The number of carbonyl (C=O) groups is 1. The predicted molar refractivity (Wildman–Crippen MR) is 137 cm³/mol. The molecule has 0 bridgehead atoms. The fourth-order valence-electron chi connectivity index (χ4n) is 9.28. The molecule has 7 unspecified atom stereocenters. The predicted octanol–water partition coefficient (Wildman–Crippen LogP) is 7.30. The summed E-state index contributed by atoms with van der Waals surface area (Å²) in [5, 5.41) is 2.92. The van der Waals surface area contributed by atoms with Crippen LogP contribution in [0.15, 0.2) is 11.6 Å². The summed E-state index contributed by atoms with van der Waals surface area (Å²) in [6, 6.07) is 0. The van der Waals surface area contributed by atoms with Crippen molar-refractivity contribution in [2.45, 2.75) is 118 Å². The number of nitrogens with one attached hydrogen (secondary N) is 1. The number of ether oxygens (including phenoxy) is 1. The van der Waals surface area contributed by atoms with Crippen LogP contribution in [0.25, 0.3) is 0 Å². The van der Waals surface area contributed by atoms with Crippen LogP contribution in [0.4, 0.5) is 0 Å². The van der Waals surface area contributed by atoms with Crippen LogP contribution in [-0.2, 0) is 9.53 Å².